The summed E-state index contributed by atoms with van der Waals surface area (Å²) in [4.78, 5) is 15.8. The molecule has 5 heteroatoms. The number of carbonyl (C=O) groups is 1. The molecule has 2 N–H and O–H groups in total. The number of oxazole rings is 1. The predicted octanol–water partition coefficient (Wildman–Crippen LogP) is 1.95. The van der Waals surface area contributed by atoms with Crippen LogP contribution in [0, 0.1) is 11.8 Å². The summed E-state index contributed by atoms with van der Waals surface area (Å²) in [7, 11) is 0. The van der Waals surface area contributed by atoms with E-state index in [1.54, 1.807) is 6.92 Å². The van der Waals surface area contributed by atoms with E-state index in [9.17, 15) is 4.79 Å². The lowest BCUT2D eigenvalue weighted by Gasteiger charge is -1.97. The molecule has 1 aromatic rings. The first kappa shape index (κ1) is 10.6. The van der Waals surface area contributed by atoms with Crippen LogP contribution in [0.25, 0.3) is 0 Å². The summed E-state index contributed by atoms with van der Waals surface area (Å²) in [6, 6.07) is 0. The lowest BCUT2D eigenvalue weighted by atomic mass is 10.1. The molecule has 1 aromatic heterocycles. The Morgan fingerprint density at radius 2 is 2.24 bits per heavy atom. The molecule has 2 aliphatic rings. The van der Waals surface area contributed by atoms with Gasteiger partial charge in [0.2, 0.25) is 17.5 Å². The third-order valence-corrected chi connectivity index (χ3v) is 3.83. The van der Waals surface area contributed by atoms with Gasteiger partial charge < -0.3 is 14.9 Å². The second-order valence-electron chi connectivity index (χ2n) is 4.77. The normalized spacial score (nSPS) is 30.1. The van der Waals surface area contributed by atoms with Gasteiger partial charge in [0.05, 0.1) is 6.61 Å². The minimum absolute atomic E-state index is 0.0865. The predicted molar refractivity (Wildman–Crippen MR) is 60.4 cm³/mol. The molecule has 1 heterocycles. The van der Waals surface area contributed by atoms with E-state index >= 15 is 0 Å². The van der Waals surface area contributed by atoms with Crippen molar-refractivity contribution in [3.05, 3.63) is 11.6 Å². The van der Waals surface area contributed by atoms with Crippen LogP contribution in [0.3, 0.4) is 0 Å². The van der Waals surface area contributed by atoms with Crippen molar-refractivity contribution in [3.63, 3.8) is 0 Å². The van der Waals surface area contributed by atoms with Crippen LogP contribution in [0.4, 0.5) is 5.88 Å². The molecule has 92 valence electrons. The van der Waals surface area contributed by atoms with Gasteiger partial charge in [-0.15, -0.1) is 0 Å². The second kappa shape index (κ2) is 3.75. The summed E-state index contributed by atoms with van der Waals surface area (Å²) >= 11 is 0. The van der Waals surface area contributed by atoms with E-state index in [2.05, 4.69) is 4.98 Å². The highest BCUT2D eigenvalue weighted by Gasteiger charge is 2.56. The number of hydrogen-bond donors (Lipinski definition) is 1. The van der Waals surface area contributed by atoms with Gasteiger partial charge in [-0.25, -0.2) is 9.78 Å². The Balaban J connectivity index is 1.79. The van der Waals surface area contributed by atoms with Crippen LogP contribution in [-0.4, -0.2) is 17.6 Å². The van der Waals surface area contributed by atoms with Crippen LogP contribution in [0.5, 0.6) is 0 Å². The smallest absolute Gasteiger partial charge is 0.362 e. The van der Waals surface area contributed by atoms with Crippen LogP contribution in [0.1, 0.15) is 48.5 Å². The van der Waals surface area contributed by atoms with Gasteiger partial charge in [-0.2, -0.15) is 0 Å². The number of esters is 1. The zero-order valence-corrected chi connectivity index (χ0v) is 9.81. The van der Waals surface area contributed by atoms with Gasteiger partial charge >= 0.3 is 5.97 Å². The van der Waals surface area contributed by atoms with Gasteiger partial charge in [0.25, 0.3) is 0 Å². The lowest BCUT2D eigenvalue weighted by Crippen LogP contribution is -2.07. The molecule has 2 unspecified atom stereocenters. The third-order valence-electron chi connectivity index (χ3n) is 3.83. The van der Waals surface area contributed by atoms with Crippen LogP contribution in [-0.2, 0) is 4.74 Å². The Morgan fingerprint density at radius 3 is 2.88 bits per heavy atom. The molecule has 0 bridgehead atoms. The van der Waals surface area contributed by atoms with Crippen molar-refractivity contribution in [2.45, 2.75) is 32.1 Å². The van der Waals surface area contributed by atoms with E-state index in [-0.39, 0.29) is 11.6 Å². The highest BCUT2D eigenvalue weighted by molar-refractivity contribution is 5.91. The second-order valence-corrected chi connectivity index (χ2v) is 4.77. The van der Waals surface area contributed by atoms with Gasteiger partial charge in [-0.1, -0.05) is 6.42 Å². The fourth-order valence-corrected chi connectivity index (χ4v) is 3.03. The molecule has 0 saturated heterocycles. The number of hydrogen-bond acceptors (Lipinski definition) is 5. The van der Waals surface area contributed by atoms with Crippen molar-refractivity contribution in [2.24, 2.45) is 11.8 Å². The summed E-state index contributed by atoms with van der Waals surface area (Å²) in [5.74, 6) is 2.00. The molecule has 2 saturated carbocycles. The number of carbonyl (C=O) groups excluding carboxylic acids is 1. The highest BCUT2D eigenvalue weighted by atomic mass is 16.5. The molecule has 2 fully saturated rings. The Bertz CT molecular complexity index is 445. The van der Waals surface area contributed by atoms with Gasteiger partial charge in [0.15, 0.2) is 0 Å². The number of rotatable bonds is 3. The fourth-order valence-electron chi connectivity index (χ4n) is 3.03. The standard InChI is InChI=1S/C12H16N2O3/c1-2-16-12(15)9-10(13)17-11(14-9)8-6-4-3-5-7(6)8/h6-8H,2-5,13H2,1H3. The van der Waals surface area contributed by atoms with Crippen LogP contribution >= 0.6 is 0 Å². The van der Waals surface area contributed by atoms with Crippen molar-refractivity contribution < 1.29 is 13.9 Å². The molecule has 2 aliphatic carbocycles. The maximum Gasteiger partial charge on any atom is 0.362 e. The number of ether oxygens (including phenoxy) is 1. The average Bonchev–Trinajstić information content (AvgIpc) is 2.67. The Kier molecular flexibility index (Phi) is 2.34. The Labute approximate surface area is 99.3 Å². The molecule has 2 atom stereocenters. The fraction of sp³-hybridized carbons (Fsp3) is 0.667. The molecule has 0 amide bonds. The van der Waals surface area contributed by atoms with E-state index in [0.29, 0.717) is 30.3 Å². The van der Waals surface area contributed by atoms with Gasteiger partial charge in [0.1, 0.15) is 0 Å². The molecule has 0 radical (unpaired) electrons. The molecule has 17 heavy (non-hydrogen) atoms. The summed E-state index contributed by atoms with van der Waals surface area (Å²) < 4.78 is 10.3. The SMILES string of the molecule is CCOC(=O)c1nc(C2C3CCCC32)oc1N. The first-order valence-electron chi connectivity index (χ1n) is 6.15. The Morgan fingerprint density at radius 1 is 1.53 bits per heavy atom. The maximum atomic E-state index is 11.5. The number of fused-ring (bicyclic) bond motifs is 1. The zero-order chi connectivity index (χ0) is 12.0. The van der Waals surface area contributed by atoms with E-state index < -0.39 is 5.97 Å². The largest absolute Gasteiger partial charge is 0.461 e. The van der Waals surface area contributed by atoms with Crippen molar-refractivity contribution in [1.82, 2.24) is 4.98 Å². The van der Waals surface area contributed by atoms with E-state index in [1.165, 1.54) is 19.3 Å². The van der Waals surface area contributed by atoms with Gasteiger partial charge in [-0.05, 0) is 31.6 Å². The molecule has 0 aromatic carbocycles. The lowest BCUT2D eigenvalue weighted by molar-refractivity contribution is 0.0521. The van der Waals surface area contributed by atoms with Crippen LogP contribution in [0.2, 0.25) is 0 Å². The monoisotopic (exact) mass is 236 g/mol. The van der Waals surface area contributed by atoms with Crippen LogP contribution < -0.4 is 5.73 Å². The number of nitrogen functional groups attached to an aromatic ring is 1. The molecule has 3 rings (SSSR count). The quantitative estimate of drug-likeness (QED) is 0.811. The Hall–Kier alpha value is -1.52. The minimum Gasteiger partial charge on any atom is -0.461 e. The molecule has 5 nitrogen and oxygen atoms in total. The number of aromatic nitrogens is 1. The first-order valence-corrected chi connectivity index (χ1v) is 6.15. The van der Waals surface area contributed by atoms with E-state index in [0.717, 1.165) is 0 Å². The van der Waals surface area contributed by atoms with Crippen molar-refractivity contribution in [3.8, 4) is 0 Å². The third kappa shape index (κ3) is 1.61. The molecular weight excluding hydrogens is 220 g/mol. The maximum absolute atomic E-state index is 11.5. The summed E-state index contributed by atoms with van der Waals surface area (Å²) in [5.41, 5.74) is 5.79. The molecule has 0 aliphatic heterocycles. The van der Waals surface area contributed by atoms with Crippen molar-refractivity contribution in [2.75, 3.05) is 12.3 Å². The summed E-state index contributed by atoms with van der Waals surface area (Å²) in [6.07, 6.45) is 3.78. The summed E-state index contributed by atoms with van der Waals surface area (Å²) in [5, 5.41) is 0. The van der Waals surface area contributed by atoms with Crippen molar-refractivity contribution >= 4 is 11.9 Å². The van der Waals surface area contributed by atoms with Crippen molar-refractivity contribution in [1.29, 1.82) is 0 Å². The van der Waals surface area contributed by atoms with E-state index in [4.69, 9.17) is 14.9 Å². The number of nitrogens with two attached hydrogens (primary N) is 1. The summed E-state index contributed by atoms with van der Waals surface area (Å²) in [6.45, 7) is 2.06. The number of nitrogens with zero attached hydrogens (tertiary/aromatic N) is 1. The molecular formula is C12H16N2O3. The minimum atomic E-state index is -0.495. The highest BCUT2D eigenvalue weighted by Crippen LogP contribution is 2.63. The zero-order valence-electron chi connectivity index (χ0n) is 9.81. The van der Waals surface area contributed by atoms with Gasteiger partial charge in [0, 0.05) is 5.92 Å². The average molecular weight is 236 g/mol. The number of anilines is 1. The van der Waals surface area contributed by atoms with Gasteiger partial charge in [-0.3, -0.25) is 0 Å². The molecule has 0 spiro atoms. The topological polar surface area (TPSA) is 78.3 Å². The first-order chi connectivity index (χ1) is 8.22. The van der Waals surface area contributed by atoms with E-state index in [1.807, 2.05) is 0 Å². The van der Waals surface area contributed by atoms with Crippen LogP contribution in [0.15, 0.2) is 4.42 Å².